The summed E-state index contributed by atoms with van der Waals surface area (Å²) >= 11 is 11.7. The molecule has 0 amide bonds. The van der Waals surface area contributed by atoms with E-state index < -0.39 is 10.0 Å². The third-order valence-electron chi connectivity index (χ3n) is 3.15. The first-order valence-electron chi connectivity index (χ1n) is 7.07. The smallest absolute Gasteiger partial charge is 0.236 e. The Morgan fingerprint density at radius 1 is 1.04 bits per heavy atom. The Bertz CT molecular complexity index is 761. The number of hydrogen-bond acceptors (Lipinski definition) is 3. The van der Waals surface area contributed by atoms with Crippen molar-refractivity contribution in [1.82, 2.24) is 0 Å². The predicted molar refractivity (Wildman–Crippen MR) is 95.2 cm³/mol. The van der Waals surface area contributed by atoms with Crippen molar-refractivity contribution >= 4 is 38.9 Å². The molecule has 1 N–H and O–H groups in total. The molecule has 0 spiro atoms. The van der Waals surface area contributed by atoms with E-state index >= 15 is 0 Å². The topological polar surface area (TPSA) is 55.4 Å². The summed E-state index contributed by atoms with van der Waals surface area (Å²) in [5.74, 6) is 0.481. The van der Waals surface area contributed by atoms with Gasteiger partial charge >= 0.3 is 0 Å². The summed E-state index contributed by atoms with van der Waals surface area (Å²) in [5.41, 5.74) is 1.57. The minimum atomic E-state index is -3.52. The van der Waals surface area contributed by atoms with E-state index in [2.05, 4.69) is 11.6 Å². The molecular weight excluding hydrogens is 357 g/mol. The Hall–Kier alpha value is -1.43. The summed E-state index contributed by atoms with van der Waals surface area (Å²) in [6, 6.07) is 12.1. The largest absolute Gasteiger partial charge is 0.492 e. The van der Waals surface area contributed by atoms with Crippen LogP contribution in [0.25, 0.3) is 0 Å². The van der Waals surface area contributed by atoms with Crippen molar-refractivity contribution in [1.29, 1.82) is 0 Å². The van der Waals surface area contributed by atoms with E-state index in [4.69, 9.17) is 27.9 Å². The predicted octanol–water partition coefficient (Wildman–Crippen LogP) is 4.38. The number of hydrogen-bond donors (Lipinski definition) is 1. The lowest BCUT2D eigenvalue weighted by atomic mass is 10.2. The van der Waals surface area contributed by atoms with Crippen molar-refractivity contribution in [3.63, 3.8) is 0 Å². The molecule has 23 heavy (non-hydrogen) atoms. The molecule has 2 aromatic carbocycles. The Kier molecular flexibility index (Phi) is 6.16. The molecule has 0 atom stereocenters. The maximum absolute atomic E-state index is 12.0. The van der Waals surface area contributed by atoms with Gasteiger partial charge in [-0.05, 0) is 42.3 Å². The van der Waals surface area contributed by atoms with Crippen molar-refractivity contribution in [2.45, 2.75) is 13.3 Å². The van der Waals surface area contributed by atoms with Crippen molar-refractivity contribution < 1.29 is 13.2 Å². The molecule has 0 aliphatic rings. The molecular formula is C16H17Cl2NO3S. The molecule has 0 saturated carbocycles. The zero-order valence-corrected chi connectivity index (χ0v) is 14.9. The Balaban J connectivity index is 1.89. The second kappa shape index (κ2) is 7.90. The van der Waals surface area contributed by atoms with Gasteiger partial charge in [0.15, 0.2) is 0 Å². The Labute approximate surface area is 146 Å². The van der Waals surface area contributed by atoms with Gasteiger partial charge in [-0.25, -0.2) is 8.42 Å². The van der Waals surface area contributed by atoms with Crippen molar-refractivity contribution in [2.24, 2.45) is 0 Å². The van der Waals surface area contributed by atoms with Crippen LogP contribution in [-0.4, -0.2) is 20.8 Å². The van der Waals surface area contributed by atoms with Gasteiger partial charge in [0.1, 0.15) is 18.1 Å². The standard InChI is InChI=1S/C16H17Cl2NO3S/c1-2-12-3-6-14(7-4-12)22-9-10-23(20,21)19-13-5-8-15(17)16(18)11-13/h3-8,11,19H,2,9-10H2,1H3. The lowest BCUT2D eigenvalue weighted by Crippen LogP contribution is -2.21. The fourth-order valence-corrected chi connectivity index (χ4v) is 3.07. The molecule has 7 heteroatoms. The molecule has 0 aliphatic carbocycles. The zero-order valence-electron chi connectivity index (χ0n) is 12.6. The molecule has 0 aliphatic heterocycles. The van der Waals surface area contributed by atoms with Gasteiger partial charge in [-0.3, -0.25) is 4.72 Å². The van der Waals surface area contributed by atoms with Gasteiger partial charge in [0, 0.05) is 0 Å². The molecule has 0 aromatic heterocycles. The quantitative estimate of drug-likeness (QED) is 0.783. The van der Waals surface area contributed by atoms with E-state index in [9.17, 15) is 8.42 Å². The van der Waals surface area contributed by atoms with Crippen LogP contribution in [0, 0.1) is 0 Å². The van der Waals surface area contributed by atoms with E-state index in [-0.39, 0.29) is 12.4 Å². The third-order valence-corrected chi connectivity index (χ3v) is 5.14. The van der Waals surface area contributed by atoms with Crippen LogP contribution in [0.3, 0.4) is 0 Å². The summed E-state index contributed by atoms with van der Waals surface area (Å²) in [7, 11) is -3.52. The fraction of sp³-hybridized carbons (Fsp3) is 0.250. The van der Waals surface area contributed by atoms with Gasteiger partial charge in [-0.1, -0.05) is 42.3 Å². The number of nitrogens with one attached hydrogen (secondary N) is 1. The van der Waals surface area contributed by atoms with Gasteiger partial charge < -0.3 is 4.74 Å². The van der Waals surface area contributed by atoms with Crippen LogP contribution < -0.4 is 9.46 Å². The highest BCUT2D eigenvalue weighted by Gasteiger charge is 2.12. The Morgan fingerprint density at radius 2 is 1.74 bits per heavy atom. The summed E-state index contributed by atoms with van der Waals surface area (Å²) in [6.07, 6.45) is 0.947. The van der Waals surface area contributed by atoms with Crippen LogP contribution in [0.2, 0.25) is 10.0 Å². The second-order valence-electron chi connectivity index (χ2n) is 4.90. The third kappa shape index (κ3) is 5.61. The molecule has 0 radical (unpaired) electrons. The van der Waals surface area contributed by atoms with Crippen LogP contribution in [0.15, 0.2) is 42.5 Å². The molecule has 0 saturated heterocycles. The number of halogens is 2. The molecule has 0 heterocycles. The zero-order chi connectivity index (χ0) is 16.9. The number of sulfonamides is 1. The van der Waals surface area contributed by atoms with Crippen LogP contribution in [0.5, 0.6) is 5.75 Å². The molecule has 2 rings (SSSR count). The SMILES string of the molecule is CCc1ccc(OCCS(=O)(=O)Nc2ccc(Cl)c(Cl)c2)cc1. The fourth-order valence-electron chi connectivity index (χ4n) is 1.88. The van der Waals surface area contributed by atoms with Crippen LogP contribution >= 0.6 is 23.2 Å². The van der Waals surface area contributed by atoms with Gasteiger partial charge in [0.25, 0.3) is 0 Å². The molecule has 0 bridgehead atoms. The highest BCUT2D eigenvalue weighted by Crippen LogP contribution is 2.25. The van der Waals surface area contributed by atoms with Crippen LogP contribution in [0.4, 0.5) is 5.69 Å². The van der Waals surface area contributed by atoms with E-state index in [0.29, 0.717) is 21.5 Å². The summed E-state index contributed by atoms with van der Waals surface area (Å²) in [5, 5.41) is 0.660. The molecule has 0 unspecified atom stereocenters. The first-order valence-corrected chi connectivity index (χ1v) is 9.48. The van der Waals surface area contributed by atoms with E-state index in [1.165, 1.54) is 17.7 Å². The number of ether oxygens (including phenoxy) is 1. The number of rotatable bonds is 7. The van der Waals surface area contributed by atoms with E-state index in [1.54, 1.807) is 6.07 Å². The molecule has 4 nitrogen and oxygen atoms in total. The van der Waals surface area contributed by atoms with E-state index in [1.807, 2.05) is 24.3 Å². The normalized spacial score (nSPS) is 11.3. The summed E-state index contributed by atoms with van der Waals surface area (Å²) < 4.78 is 31.9. The van der Waals surface area contributed by atoms with Crippen LogP contribution in [-0.2, 0) is 16.4 Å². The highest BCUT2D eigenvalue weighted by molar-refractivity contribution is 7.92. The van der Waals surface area contributed by atoms with Gasteiger partial charge in [-0.2, -0.15) is 0 Å². The van der Waals surface area contributed by atoms with E-state index in [0.717, 1.165) is 6.42 Å². The van der Waals surface area contributed by atoms with Crippen LogP contribution in [0.1, 0.15) is 12.5 Å². The van der Waals surface area contributed by atoms with Gasteiger partial charge in [0.2, 0.25) is 10.0 Å². The number of aryl methyl sites for hydroxylation is 1. The second-order valence-corrected chi connectivity index (χ2v) is 7.55. The van der Waals surface area contributed by atoms with Gasteiger partial charge in [0.05, 0.1) is 15.7 Å². The molecule has 2 aromatic rings. The monoisotopic (exact) mass is 373 g/mol. The molecule has 124 valence electrons. The van der Waals surface area contributed by atoms with Gasteiger partial charge in [-0.15, -0.1) is 0 Å². The first-order chi connectivity index (χ1) is 10.9. The molecule has 0 fully saturated rings. The van der Waals surface area contributed by atoms with Crippen molar-refractivity contribution in [3.05, 3.63) is 58.1 Å². The Morgan fingerprint density at radius 3 is 2.35 bits per heavy atom. The summed E-state index contributed by atoms with van der Waals surface area (Å²) in [6.45, 7) is 2.12. The number of benzene rings is 2. The minimum Gasteiger partial charge on any atom is -0.492 e. The highest BCUT2D eigenvalue weighted by atomic mass is 35.5. The lowest BCUT2D eigenvalue weighted by molar-refractivity contribution is 0.341. The maximum atomic E-state index is 12.0. The average molecular weight is 374 g/mol. The van der Waals surface area contributed by atoms with Crippen molar-refractivity contribution in [3.8, 4) is 5.75 Å². The number of anilines is 1. The van der Waals surface area contributed by atoms with Crippen molar-refractivity contribution in [2.75, 3.05) is 17.1 Å². The average Bonchev–Trinajstić information content (AvgIpc) is 2.51. The summed E-state index contributed by atoms with van der Waals surface area (Å²) in [4.78, 5) is 0. The minimum absolute atomic E-state index is 0.0577. The first kappa shape index (κ1) is 17.9. The lowest BCUT2D eigenvalue weighted by Gasteiger charge is -2.10. The maximum Gasteiger partial charge on any atom is 0.236 e.